The second-order valence-corrected chi connectivity index (χ2v) is 6.03. The van der Waals surface area contributed by atoms with Crippen molar-refractivity contribution in [2.75, 3.05) is 25.0 Å². The number of non-ortho nitro benzene ring substituents is 1. The lowest BCUT2D eigenvalue weighted by Gasteiger charge is -2.16. The first-order valence-electron chi connectivity index (χ1n) is 7.03. The fourth-order valence-corrected chi connectivity index (χ4v) is 2.78. The normalized spacial score (nSPS) is 17.4. The molecule has 9 heteroatoms. The number of nitro groups is 1. The van der Waals surface area contributed by atoms with Crippen molar-refractivity contribution >= 4 is 45.7 Å². The first-order valence-corrected chi connectivity index (χ1v) is 7.79. The summed E-state index contributed by atoms with van der Waals surface area (Å²) in [5.74, 6) is -0.487. The van der Waals surface area contributed by atoms with E-state index in [-0.39, 0.29) is 23.0 Å². The van der Waals surface area contributed by atoms with Crippen LogP contribution in [0.2, 0.25) is 5.02 Å². The molecule has 0 bridgehead atoms. The number of carbonyl (C=O) groups is 2. The number of hydrogen-bond donors (Lipinski definition) is 1. The number of amides is 1. The summed E-state index contributed by atoms with van der Waals surface area (Å²) in [5.41, 5.74) is 0.527. The van der Waals surface area contributed by atoms with E-state index in [1.54, 1.807) is 11.0 Å². The van der Waals surface area contributed by atoms with Crippen LogP contribution in [0.1, 0.15) is 12.8 Å². The highest BCUT2D eigenvalue weighted by molar-refractivity contribution is 6.64. The number of carbonyl (C=O) groups excluding carboxylic acids is 2. The predicted octanol–water partition coefficient (Wildman–Crippen LogP) is 2.66. The fourth-order valence-electron chi connectivity index (χ4n) is 2.39. The Morgan fingerprint density at radius 2 is 2.22 bits per heavy atom. The van der Waals surface area contributed by atoms with Gasteiger partial charge in [-0.2, -0.15) is 0 Å². The van der Waals surface area contributed by atoms with Crippen LogP contribution in [0.5, 0.6) is 0 Å². The van der Waals surface area contributed by atoms with Crippen LogP contribution in [0.4, 0.5) is 11.4 Å². The molecular formula is C14H15Cl2N3O4. The molecule has 7 nitrogen and oxygen atoms in total. The van der Waals surface area contributed by atoms with Crippen LogP contribution in [-0.2, 0) is 9.59 Å². The Labute approximate surface area is 142 Å². The van der Waals surface area contributed by atoms with Gasteiger partial charge in [-0.15, -0.1) is 0 Å². The minimum absolute atomic E-state index is 0.0694. The van der Waals surface area contributed by atoms with Gasteiger partial charge in [0, 0.05) is 38.2 Å². The molecular weight excluding hydrogens is 345 g/mol. The van der Waals surface area contributed by atoms with Crippen LogP contribution < -0.4 is 5.32 Å². The Bertz CT molecular complexity index is 638. The number of nitro benzene ring substituents is 1. The van der Waals surface area contributed by atoms with Crippen molar-refractivity contribution in [1.82, 2.24) is 4.90 Å². The van der Waals surface area contributed by atoms with Crippen LogP contribution in [0.3, 0.4) is 0 Å². The third kappa shape index (κ3) is 4.56. The van der Waals surface area contributed by atoms with Crippen LogP contribution in [-0.4, -0.2) is 40.6 Å². The van der Waals surface area contributed by atoms with E-state index in [4.69, 9.17) is 23.2 Å². The van der Waals surface area contributed by atoms with E-state index in [1.807, 2.05) is 0 Å². The van der Waals surface area contributed by atoms with E-state index < -0.39 is 16.1 Å². The standard InChI is InChI=1S/C14H15Cl2N3O4/c15-11-7-10(19(22)23)2-3-12(11)17-4-1-5-18-8-9(14(16)21)6-13(18)20/h2-3,7,9,17H,1,4-6,8H2/t9-/m1/s1. The number of anilines is 1. The third-order valence-electron chi connectivity index (χ3n) is 3.62. The summed E-state index contributed by atoms with van der Waals surface area (Å²) < 4.78 is 0. The molecule has 1 aromatic carbocycles. The van der Waals surface area contributed by atoms with E-state index >= 15 is 0 Å². The highest BCUT2D eigenvalue weighted by atomic mass is 35.5. The number of benzene rings is 1. The van der Waals surface area contributed by atoms with Crippen molar-refractivity contribution in [2.24, 2.45) is 5.92 Å². The number of nitrogens with one attached hydrogen (secondary N) is 1. The van der Waals surface area contributed by atoms with E-state index in [0.29, 0.717) is 31.7 Å². The van der Waals surface area contributed by atoms with Crippen LogP contribution in [0.25, 0.3) is 0 Å². The van der Waals surface area contributed by atoms with Gasteiger partial charge in [0.25, 0.3) is 5.69 Å². The lowest BCUT2D eigenvalue weighted by molar-refractivity contribution is -0.384. The molecule has 124 valence electrons. The zero-order valence-corrected chi connectivity index (χ0v) is 13.6. The Kier molecular flexibility index (Phi) is 5.79. The van der Waals surface area contributed by atoms with E-state index in [0.717, 1.165) is 0 Å². The number of halogens is 2. The predicted molar refractivity (Wildman–Crippen MR) is 86.8 cm³/mol. The molecule has 1 amide bonds. The molecule has 1 fully saturated rings. The van der Waals surface area contributed by atoms with E-state index in [9.17, 15) is 19.7 Å². The largest absolute Gasteiger partial charge is 0.384 e. The third-order valence-corrected chi connectivity index (χ3v) is 4.24. The summed E-state index contributed by atoms with van der Waals surface area (Å²) in [6, 6.07) is 4.20. The monoisotopic (exact) mass is 359 g/mol. The molecule has 2 rings (SSSR count). The second-order valence-electron chi connectivity index (χ2n) is 5.25. The quantitative estimate of drug-likeness (QED) is 0.349. The highest BCUT2D eigenvalue weighted by Crippen LogP contribution is 2.26. The average Bonchev–Trinajstić information content (AvgIpc) is 2.86. The summed E-state index contributed by atoms with van der Waals surface area (Å²) in [7, 11) is 0. The molecule has 1 aliphatic heterocycles. The Morgan fingerprint density at radius 3 is 2.78 bits per heavy atom. The van der Waals surface area contributed by atoms with Crippen LogP contribution in [0, 0.1) is 16.0 Å². The molecule has 1 N–H and O–H groups in total. The molecule has 0 aromatic heterocycles. The molecule has 1 heterocycles. The summed E-state index contributed by atoms with van der Waals surface area (Å²) >= 11 is 11.4. The van der Waals surface area contributed by atoms with Gasteiger partial charge in [0.15, 0.2) is 0 Å². The van der Waals surface area contributed by atoms with Crippen LogP contribution in [0.15, 0.2) is 18.2 Å². The molecule has 0 aliphatic carbocycles. The lowest BCUT2D eigenvalue weighted by Crippen LogP contribution is -2.28. The SMILES string of the molecule is O=C(Cl)[C@@H]1CC(=O)N(CCCNc2ccc([N+](=O)[O-])cc2Cl)C1. The molecule has 0 radical (unpaired) electrons. The summed E-state index contributed by atoms with van der Waals surface area (Å²) in [6.45, 7) is 1.41. The van der Waals surface area contributed by atoms with Crippen molar-refractivity contribution in [2.45, 2.75) is 12.8 Å². The van der Waals surface area contributed by atoms with Gasteiger partial charge in [-0.1, -0.05) is 11.6 Å². The molecule has 1 aliphatic rings. The number of likely N-dealkylation sites (tertiary alicyclic amines) is 1. The number of nitrogens with zero attached hydrogens (tertiary/aromatic N) is 2. The molecule has 1 aromatic rings. The Morgan fingerprint density at radius 1 is 1.48 bits per heavy atom. The molecule has 23 heavy (non-hydrogen) atoms. The van der Waals surface area contributed by atoms with E-state index in [1.165, 1.54) is 12.1 Å². The Hall–Kier alpha value is -1.86. The van der Waals surface area contributed by atoms with Crippen molar-refractivity contribution in [3.8, 4) is 0 Å². The van der Waals surface area contributed by atoms with Gasteiger partial charge in [-0.3, -0.25) is 19.7 Å². The summed E-state index contributed by atoms with van der Waals surface area (Å²) in [6.07, 6.45) is 0.826. The minimum atomic E-state index is -0.511. The lowest BCUT2D eigenvalue weighted by atomic mass is 10.1. The smallest absolute Gasteiger partial charge is 0.271 e. The molecule has 1 atom stereocenters. The van der Waals surface area contributed by atoms with Crippen molar-refractivity contribution < 1.29 is 14.5 Å². The maximum Gasteiger partial charge on any atom is 0.271 e. The Balaban J connectivity index is 1.79. The topological polar surface area (TPSA) is 92.6 Å². The first kappa shape index (κ1) is 17.5. The first-order chi connectivity index (χ1) is 10.9. The van der Waals surface area contributed by atoms with E-state index in [2.05, 4.69) is 5.32 Å². The van der Waals surface area contributed by atoms with Gasteiger partial charge in [0.1, 0.15) is 0 Å². The molecule has 0 saturated carbocycles. The summed E-state index contributed by atoms with van der Waals surface area (Å²) in [4.78, 5) is 34.5. The fraction of sp³-hybridized carbons (Fsp3) is 0.429. The maximum atomic E-state index is 11.7. The minimum Gasteiger partial charge on any atom is -0.384 e. The van der Waals surface area contributed by atoms with Gasteiger partial charge in [-0.25, -0.2) is 0 Å². The zero-order valence-electron chi connectivity index (χ0n) is 12.1. The van der Waals surface area contributed by atoms with Gasteiger partial charge in [0.05, 0.1) is 21.6 Å². The summed E-state index contributed by atoms with van der Waals surface area (Å²) in [5, 5.41) is 13.5. The average molecular weight is 360 g/mol. The second kappa shape index (κ2) is 7.61. The van der Waals surface area contributed by atoms with Crippen molar-refractivity contribution in [1.29, 1.82) is 0 Å². The van der Waals surface area contributed by atoms with Crippen molar-refractivity contribution in [3.63, 3.8) is 0 Å². The maximum absolute atomic E-state index is 11.7. The van der Waals surface area contributed by atoms with Gasteiger partial charge < -0.3 is 10.2 Å². The zero-order chi connectivity index (χ0) is 17.0. The highest BCUT2D eigenvalue weighted by Gasteiger charge is 2.32. The number of rotatable bonds is 7. The van der Waals surface area contributed by atoms with Gasteiger partial charge >= 0.3 is 0 Å². The molecule has 0 unspecified atom stereocenters. The molecule has 1 saturated heterocycles. The van der Waals surface area contributed by atoms with Gasteiger partial charge in [-0.05, 0) is 24.1 Å². The molecule has 0 spiro atoms. The van der Waals surface area contributed by atoms with Crippen molar-refractivity contribution in [3.05, 3.63) is 33.3 Å². The van der Waals surface area contributed by atoms with Crippen LogP contribution >= 0.6 is 23.2 Å². The van der Waals surface area contributed by atoms with Gasteiger partial charge in [0.2, 0.25) is 11.1 Å². The number of hydrogen-bond acceptors (Lipinski definition) is 5.